The van der Waals surface area contributed by atoms with E-state index in [1.54, 1.807) is 18.6 Å². The average molecular weight is 252 g/mol. The molecule has 19 heavy (non-hydrogen) atoms. The Morgan fingerprint density at radius 1 is 1.21 bits per heavy atom. The molecule has 1 aromatic carbocycles. The summed E-state index contributed by atoms with van der Waals surface area (Å²) < 4.78 is 0. The third kappa shape index (κ3) is 2.11. The summed E-state index contributed by atoms with van der Waals surface area (Å²) >= 11 is 0. The van der Waals surface area contributed by atoms with Crippen molar-refractivity contribution in [3.63, 3.8) is 0 Å². The normalized spacial score (nSPS) is 10.8. The van der Waals surface area contributed by atoms with Crippen LogP contribution in [0.25, 0.3) is 22.2 Å². The second-order valence-electron chi connectivity index (χ2n) is 4.21. The lowest BCUT2D eigenvalue weighted by Crippen LogP contribution is -2.08. The molecule has 0 aliphatic carbocycles. The summed E-state index contributed by atoms with van der Waals surface area (Å²) in [5, 5.41) is 0.625. The van der Waals surface area contributed by atoms with E-state index in [0.29, 0.717) is 11.9 Å². The highest BCUT2D eigenvalue weighted by atomic mass is 16.1. The number of hydrogen-bond donors (Lipinski definition) is 2. The maximum absolute atomic E-state index is 12.0. The Morgan fingerprint density at radius 2 is 2.11 bits per heavy atom. The minimum Gasteiger partial charge on any atom is -0.357 e. The van der Waals surface area contributed by atoms with Crippen molar-refractivity contribution < 1.29 is 0 Å². The molecule has 0 unspecified atom stereocenters. The van der Waals surface area contributed by atoms with Gasteiger partial charge in [0.25, 0.3) is 0 Å². The number of rotatable bonds is 2. The van der Waals surface area contributed by atoms with Gasteiger partial charge in [-0.1, -0.05) is 6.07 Å². The van der Waals surface area contributed by atoms with E-state index in [4.69, 9.17) is 5.73 Å². The second-order valence-corrected chi connectivity index (χ2v) is 4.21. The first-order valence-corrected chi connectivity index (χ1v) is 5.90. The van der Waals surface area contributed by atoms with Gasteiger partial charge in [-0.2, -0.15) is 0 Å². The monoisotopic (exact) mass is 252 g/mol. The van der Waals surface area contributed by atoms with E-state index in [2.05, 4.69) is 15.0 Å². The van der Waals surface area contributed by atoms with Gasteiger partial charge < -0.3 is 10.7 Å². The Bertz CT molecular complexity index is 780. The van der Waals surface area contributed by atoms with E-state index in [1.807, 2.05) is 18.2 Å². The first-order chi connectivity index (χ1) is 9.28. The standard InChI is InChI=1S/C14H12N4O/c15-7-10-6-14(19)11-5-9(1-2-12(11)18-10)13-8-16-3-4-17-13/h1-6,8H,7,15H2,(H,18,19). The quantitative estimate of drug-likeness (QED) is 0.722. The Labute approximate surface area is 109 Å². The van der Waals surface area contributed by atoms with Crippen LogP contribution in [0, 0.1) is 0 Å². The van der Waals surface area contributed by atoms with E-state index in [9.17, 15) is 4.79 Å². The molecular weight excluding hydrogens is 240 g/mol. The van der Waals surface area contributed by atoms with Gasteiger partial charge in [0, 0.05) is 47.2 Å². The Balaban J connectivity index is 2.22. The molecule has 3 aromatic rings. The van der Waals surface area contributed by atoms with E-state index in [0.717, 1.165) is 22.5 Å². The highest BCUT2D eigenvalue weighted by Crippen LogP contribution is 2.19. The van der Waals surface area contributed by atoms with Crippen molar-refractivity contribution in [1.29, 1.82) is 0 Å². The second kappa shape index (κ2) is 4.62. The molecule has 94 valence electrons. The summed E-state index contributed by atoms with van der Waals surface area (Å²) in [7, 11) is 0. The molecule has 0 fully saturated rings. The predicted octanol–water partition coefficient (Wildman–Crippen LogP) is 1.44. The van der Waals surface area contributed by atoms with Gasteiger partial charge >= 0.3 is 0 Å². The smallest absolute Gasteiger partial charge is 0.189 e. The highest BCUT2D eigenvalue weighted by Gasteiger charge is 2.05. The number of H-pyrrole nitrogens is 1. The summed E-state index contributed by atoms with van der Waals surface area (Å²) in [5.74, 6) is 0. The number of benzene rings is 1. The number of aromatic nitrogens is 3. The summed E-state index contributed by atoms with van der Waals surface area (Å²) in [4.78, 5) is 23.4. The fraction of sp³-hybridized carbons (Fsp3) is 0.0714. The fourth-order valence-electron chi connectivity index (χ4n) is 2.02. The molecule has 0 aliphatic heterocycles. The van der Waals surface area contributed by atoms with Crippen LogP contribution >= 0.6 is 0 Å². The summed E-state index contributed by atoms with van der Waals surface area (Å²) in [5.41, 5.74) is 8.62. The fourth-order valence-corrected chi connectivity index (χ4v) is 2.02. The van der Waals surface area contributed by atoms with Crippen LogP contribution in [-0.2, 0) is 6.54 Å². The number of pyridine rings is 1. The molecule has 3 N–H and O–H groups in total. The van der Waals surface area contributed by atoms with Crippen LogP contribution in [-0.4, -0.2) is 15.0 Å². The Hall–Kier alpha value is -2.53. The zero-order valence-corrected chi connectivity index (χ0v) is 10.1. The molecule has 5 nitrogen and oxygen atoms in total. The number of hydrogen-bond acceptors (Lipinski definition) is 4. The number of fused-ring (bicyclic) bond motifs is 1. The number of nitrogens with one attached hydrogen (secondary N) is 1. The van der Waals surface area contributed by atoms with Crippen molar-refractivity contribution in [3.8, 4) is 11.3 Å². The molecular formula is C14H12N4O. The third-order valence-electron chi connectivity index (χ3n) is 2.96. The minimum atomic E-state index is -0.0417. The number of nitrogens with two attached hydrogens (primary N) is 1. The van der Waals surface area contributed by atoms with Crippen molar-refractivity contribution >= 4 is 10.9 Å². The molecule has 2 aromatic heterocycles. The maximum atomic E-state index is 12.0. The predicted molar refractivity (Wildman–Crippen MR) is 73.5 cm³/mol. The molecule has 0 radical (unpaired) electrons. The lowest BCUT2D eigenvalue weighted by Gasteiger charge is -2.04. The van der Waals surface area contributed by atoms with Gasteiger partial charge in [0.05, 0.1) is 11.9 Å². The molecule has 2 heterocycles. The zero-order chi connectivity index (χ0) is 13.2. The molecule has 0 spiro atoms. The van der Waals surface area contributed by atoms with E-state index in [1.165, 1.54) is 6.07 Å². The molecule has 3 rings (SSSR count). The van der Waals surface area contributed by atoms with Crippen LogP contribution in [0.1, 0.15) is 5.69 Å². The van der Waals surface area contributed by atoms with Crippen LogP contribution in [0.2, 0.25) is 0 Å². The zero-order valence-electron chi connectivity index (χ0n) is 10.1. The average Bonchev–Trinajstić information content (AvgIpc) is 2.47. The number of nitrogens with zero attached hydrogens (tertiary/aromatic N) is 2. The minimum absolute atomic E-state index is 0.0417. The van der Waals surface area contributed by atoms with E-state index < -0.39 is 0 Å². The van der Waals surface area contributed by atoms with Crippen molar-refractivity contribution in [3.05, 3.63) is 58.8 Å². The Kier molecular flexibility index (Phi) is 2.81. The summed E-state index contributed by atoms with van der Waals surface area (Å²) in [6.45, 7) is 0.317. The SMILES string of the molecule is NCc1cc(=O)c2cc(-c3cnccn3)ccc2[nH]1. The van der Waals surface area contributed by atoms with Crippen LogP contribution in [0.5, 0.6) is 0 Å². The lowest BCUT2D eigenvalue weighted by molar-refractivity contribution is 1.00. The van der Waals surface area contributed by atoms with Crippen molar-refractivity contribution in [2.24, 2.45) is 5.73 Å². The van der Waals surface area contributed by atoms with Gasteiger partial charge in [-0.05, 0) is 12.1 Å². The van der Waals surface area contributed by atoms with Gasteiger partial charge in [-0.3, -0.25) is 14.8 Å². The Morgan fingerprint density at radius 3 is 2.84 bits per heavy atom. The third-order valence-corrected chi connectivity index (χ3v) is 2.96. The molecule has 0 bridgehead atoms. The topological polar surface area (TPSA) is 84.7 Å². The van der Waals surface area contributed by atoms with Gasteiger partial charge in [0.1, 0.15) is 0 Å². The highest BCUT2D eigenvalue weighted by molar-refractivity contribution is 5.83. The molecule has 0 atom stereocenters. The van der Waals surface area contributed by atoms with Crippen LogP contribution < -0.4 is 11.2 Å². The van der Waals surface area contributed by atoms with Crippen LogP contribution in [0.15, 0.2) is 47.7 Å². The largest absolute Gasteiger partial charge is 0.357 e. The molecule has 5 heteroatoms. The molecule has 0 saturated carbocycles. The van der Waals surface area contributed by atoms with Gasteiger partial charge in [0.2, 0.25) is 0 Å². The van der Waals surface area contributed by atoms with Crippen LogP contribution in [0.3, 0.4) is 0 Å². The van der Waals surface area contributed by atoms with Gasteiger partial charge in [-0.15, -0.1) is 0 Å². The van der Waals surface area contributed by atoms with E-state index in [-0.39, 0.29) is 5.43 Å². The summed E-state index contributed by atoms with van der Waals surface area (Å²) in [6.07, 6.45) is 4.91. The van der Waals surface area contributed by atoms with Crippen molar-refractivity contribution in [2.45, 2.75) is 6.54 Å². The summed E-state index contributed by atoms with van der Waals surface area (Å²) in [6, 6.07) is 7.11. The molecule has 0 aliphatic rings. The van der Waals surface area contributed by atoms with Crippen molar-refractivity contribution in [2.75, 3.05) is 0 Å². The van der Waals surface area contributed by atoms with Crippen molar-refractivity contribution in [1.82, 2.24) is 15.0 Å². The first kappa shape index (κ1) is 11.6. The van der Waals surface area contributed by atoms with E-state index >= 15 is 0 Å². The molecule has 0 saturated heterocycles. The van der Waals surface area contributed by atoms with Gasteiger partial charge in [-0.25, -0.2) is 0 Å². The maximum Gasteiger partial charge on any atom is 0.189 e. The van der Waals surface area contributed by atoms with Gasteiger partial charge in [0.15, 0.2) is 5.43 Å². The number of aromatic amines is 1. The lowest BCUT2D eigenvalue weighted by atomic mass is 10.1. The first-order valence-electron chi connectivity index (χ1n) is 5.90. The molecule has 0 amide bonds. The van der Waals surface area contributed by atoms with Crippen LogP contribution in [0.4, 0.5) is 0 Å².